The maximum Gasteiger partial charge on any atom is 0.280 e. The summed E-state index contributed by atoms with van der Waals surface area (Å²) in [5.74, 6) is 0.399. The number of hydrogen-bond donors (Lipinski definition) is 1. The van der Waals surface area contributed by atoms with Gasteiger partial charge in [-0.25, -0.2) is 5.43 Å². The molecule has 2 rings (SSSR count). The molecule has 2 aromatic carbocycles. The smallest absolute Gasteiger partial charge is 0.280 e. The van der Waals surface area contributed by atoms with Crippen molar-refractivity contribution in [3.05, 3.63) is 59.2 Å². The second kappa shape index (κ2) is 9.76. The fraction of sp³-hybridized carbons (Fsp3) is 0.364. The molecule has 0 aliphatic heterocycles. The first-order valence-electron chi connectivity index (χ1n) is 9.35. The molecule has 5 heteroatoms. The summed E-state index contributed by atoms with van der Waals surface area (Å²) >= 11 is 0. The molecule has 1 atom stereocenters. The molecule has 2 aromatic rings. The summed E-state index contributed by atoms with van der Waals surface area (Å²) in [4.78, 5) is 14.4. The maximum atomic E-state index is 12.2. The average molecular weight is 367 g/mol. The lowest BCUT2D eigenvalue weighted by Crippen LogP contribution is -2.33. The average Bonchev–Trinajstić information content (AvgIpc) is 2.63. The van der Waals surface area contributed by atoms with Crippen LogP contribution >= 0.6 is 0 Å². The van der Waals surface area contributed by atoms with Crippen LogP contribution in [-0.2, 0) is 4.79 Å². The first-order valence-corrected chi connectivity index (χ1v) is 9.35. The van der Waals surface area contributed by atoms with E-state index >= 15 is 0 Å². The zero-order valence-electron chi connectivity index (χ0n) is 16.8. The Morgan fingerprint density at radius 1 is 1.11 bits per heavy atom. The first-order chi connectivity index (χ1) is 12.9. The Labute approximate surface area is 162 Å². The van der Waals surface area contributed by atoms with Gasteiger partial charge in [-0.15, -0.1) is 0 Å². The summed E-state index contributed by atoms with van der Waals surface area (Å²) < 4.78 is 5.72. The van der Waals surface area contributed by atoms with Crippen LogP contribution in [-0.4, -0.2) is 31.3 Å². The van der Waals surface area contributed by atoms with Crippen LogP contribution in [0, 0.1) is 13.8 Å². The summed E-state index contributed by atoms with van der Waals surface area (Å²) in [6, 6.07) is 14.0. The van der Waals surface area contributed by atoms with E-state index in [1.165, 1.54) is 5.69 Å². The SMILES string of the molecule is CCN(CC)c1ccc(C=NNC(=O)C(C)Oc2cc(C)cc(C)c2)cc1. The first kappa shape index (κ1) is 20.5. The lowest BCUT2D eigenvalue weighted by molar-refractivity contribution is -0.127. The summed E-state index contributed by atoms with van der Waals surface area (Å²) in [5, 5.41) is 4.04. The Morgan fingerprint density at radius 3 is 2.26 bits per heavy atom. The molecular formula is C22H29N3O2. The van der Waals surface area contributed by atoms with Crippen molar-refractivity contribution in [3.63, 3.8) is 0 Å². The molecule has 27 heavy (non-hydrogen) atoms. The second-order valence-corrected chi connectivity index (χ2v) is 6.58. The van der Waals surface area contributed by atoms with Gasteiger partial charge in [0.15, 0.2) is 6.10 Å². The summed E-state index contributed by atoms with van der Waals surface area (Å²) in [6.07, 6.45) is 1.00. The van der Waals surface area contributed by atoms with Crippen molar-refractivity contribution in [1.82, 2.24) is 5.43 Å². The van der Waals surface area contributed by atoms with Gasteiger partial charge in [0, 0.05) is 18.8 Å². The number of carbonyl (C=O) groups is 1. The van der Waals surface area contributed by atoms with Gasteiger partial charge in [0.1, 0.15) is 5.75 Å². The Hall–Kier alpha value is -2.82. The van der Waals surface area contributed by atoms with Crippen molar-refractivity contribution in [2.45, 2.75) is 40.7 Å². The van der Waals surface area contributed by atoms with Crippen LogP contribution in [0.5, 0.6) is 5.75 Å². The molecule has 5 nitrogen and oxygen atoms in total. The van der Waals surface area contributed by atoms with E-state index in [4.69, 9.17) is 4.74 Å². The zero-order chi connectivity index (χ0) is 19.8. The van der Waals surface area contributed by atoms with E-state index in [1.807, 2.05) is 38.1 Å². The highest BCUT2D eigenvalue weighted by Gasteiger charge is 2.14. The number of hydrazone groups is 1. The molecule has 0 saturated heterocycles. The van der Waals surface area contributed by atoms with Crippen LogP contribution in [0.25, 0.3) is 0 Å². The van der Waals surface area contributed by atoms with E-state index < -0.39 is 6.10 Å². The van der Waals surface area contributed by atoms with Crippen molar-refractivity contribution in [3.8, 4) is 5.75 Å². The van der Waals surface area contributed by atoms with E-state index in [-0.39, 0.29) is 5.91 Å². The third kappa shape index (κ3) is 6.13. The highest BCUT2D eigenvalue weighted by molar-refractivity contribution is 5.84. The van der Waals surface area contributed by atoms with Gasteiger partial charge in [-0.2, -0.15) is 5.10 Å². The van der Waals surface area contributed by atoms with Gasteiger partial charge in [-0.3, -0.25) is 4.79 Å². The summed E-state index contributed by atoms with van der Waals surface area (Å²) in [6.45, 7) is 11.9. The molecule has 0 aliphatic rings. The van der Waals surface area contributed by atoms with Crippen LogP contribution in [0.4, 0.5) is 5.69 Å². The molecule has 0 saturated carbocycles. The minimum absolute atomic E-state index is 0.287. The predicted octanol–water partition coefficient (Wildman–Crippen LogP) is 4.07. The summed E-state index contributed by atoms with van der Waals surface area (Å²) in [7, 11) is 0. The van der Waals surface area contributed by atoms with Crippen LogP contribution in [0.1, 0.15) is 37.5 Å². The molecule has 0 heterocycles. The topological polar surface area (TPSA) is 53.9 Å². The number of nitrogens with zero attached hydrogens (tertiary/aromatic N) is 2. The zero-order valence-corrected chi connectivity index (χ0v) is 16.8. The maximum absolute atomic E-state index is 12.2. The van der Waals surface area contributed by atoms with E-state index in [0.717, 1.165) is 29.8 Å². The molecule has 1 unspecified atom stereocenters. The van der Waals surface area contributed by atoms with Gasteiger partial charge in [0.2, 0.25) is 0 Å². The quantitative estimate of drug-likeness (QED) is 0.565. The molecule has 0 fully saturated rings. The lowest BCUT2D eigenvalue weighted by Gasteiger charge is -2.20. The minimum atomic E-state index is -0.631. The molecule has 0 radical (unpaired) electrons. The Morgan fingerprint density at radius 2 is 1.70 bits per heavy atom. The van der Waals surface area contributed by atoms with Gasteiger partial charge in [0.05, 0.1) is 6.21 Å². The van der Waals surface area contributed by atoms with Crippen LogP contribution in [0.3, 0.4) is 0 Å². The van der Waals surface area contributed by atoms with Crippen LogP contribution in [0.15, 0.2) is 47.6 Å². The number of ether oxygens (including phenoxy) is 1. The molecule has 1 amide bonds. The standard InChI is InChI=1S/C22H29N3O2/c1-6-25(7-2)20-10-8-19(9-11-20)15-23-24-22(26)18(5)27-21-13-16(3)12-17(4)14-21/h8-15,18H,6-7H2,1-5H3,(H,24,26). The number of aryl methyl sites for hydroxylation is 2. The van der Waals surface area contributed by atoms with Crippen molar-refractivity contribution in [2.75, 3.05) is 18.0 Å². The molecule has 0 spiro atoms. The molecule has 1 N–H and O–H groups in total. The second-order valence-electron chi connectivity index (χ2n) is 6.58. The molecule has 144 valence electrons. The van der Waals surface area contributed by atoms with E-state index in [2.05, 4.69) is 47.5 Å². The normalized spacial score (nSPS) is 12.0. The number of nitrogens with one attached hydrogen (secondary N) is 1. The van der Waals surface area contributed by atoms with Crippen LogP contribution in [0.2, 0.25) is 0 Å². The summed E-state index contributed by atoms with van der Waals surface area (Å²) in [5.41, 5.74) is 6.84. The van der Waals surface area contributed by atoms with Gasteiger partial charge in [-0.1, -0.05) is 18.2 Å². The fourth-order valence-corrected chi connectivity index (χ4v) is 2.88. The fourth-order valence-electron chi connectivity index (χ4n) is 2.88. The van der Waals surface area contributed by atoms with Gasteiger partial charge in [-0.05, 0) is 75.6 Å². The third-order valence-electron chi connectivity index (χ3n) is 4.29. The van der Waals surface area contributed by atoms with Gasteiger partial charge < -0.3 is 9.64 Å². The number of hydrogen-bond acceptors (Lipinski definition) is 4. The Bertz CT molecular complexity index is 760. The largest absolute Gasteiger partial charge is 0.481 e. The number of benzene rings is 2. The van der Waals surface area contributed by atoms with E-state index in [0.29, 0.717) is 5.75 Å². The highest BCUT2D eigenvalue weighted by Crippen LogP contribution is 2.17. The third-order valence-corrected chi connectivity index (χ3v) is 4.29. The molecule has 0 aromatic heterocycles. The number of amides is 1. The molecule has 0 bridgehead atoms. The Kier molecular flexibility index (Phi) is 7.41. The highest BCUT2D eigenvalue weighted by atomic mass is 16.5. The van der Waals surface area contributed by atoms with Crippen LogP contribution < -0.4 is 15.1 Å². The monoisotopic (exact) mass is 367 g/mol. The number of anilines is 1. The van der Waals surface area contributed by atoms with Gasteiger partial charge in [0.25, 0.3) is 5.91 Å². The minimum Gasteiger partial charge on any atom is -0.481 e. The van der Waals surface area contributed by atoms with Crippen molar-refractivity contribution in [1.29, 1.82) is 0 Å². The Balaban J connectivity index is 1.90. The molecule has 0 aliphatic carbocycles. The predicted molar refractivity (Wildman–Crippen MR) is 112 cm³/mol. The lowest BCUT2D eigenvalue weighted by atomic mass is 10.1. The van der Waals surface area contributed by atoms with E-state index in [9.17, 15) is 4.79 Å². The van der Waals surface area contributed by atoms with E-state index in [1.54, 1.807) is 13.1 Å². The number of carbonyl (C=O) groups excluding carboxylic acids is 1. The molecular weight excluding hydrogens is 338 g/mol. The van der Waals surface area contributed by atoms with Crippen molar-refractivity contribution >= 4 is 17.8 Å². The van der Waals surface area contributed by atoms with Crippen molar-refractivity contribution in [2.24, 2.45) is 5.10 Å². The van der Waals surface area contributed by atoms with Crippen molar-refractivity contribution < 1.29 is 9.53 Å². The number of rotatable bonds is 8. The van der Waals surface area contributed by atoms with Gasteiger partial charge >= 0.3 is 0 Å².